The molecule has 0 amide bonds. The van der Waals surface area contributed by atoms with Gasteiger partial charge < -0.3 is 5.73 Å². The molecular weight excluding hydrogens is 124 g/mol. The van der Waals surface area contributed by atoms with E-state index in [4.69, 9.17) is 5.73 Å². The quantitative estimate of drug-likeness (QED) is 0.623. The van der Waals surface area contributed by atoms with Crippen LogP contribution in [0, 0.1) is 0 Å². The molecule has 0 aliphatic heterocycles. The number of rotatable bonds is 3. The van der Waals surface area contributed by atoms with Crippen molar-refractivity contribution in [2.75, 3.05) is 0 Å². The summed E-state index contributed by atoms with van der Waals surface area (Å²) < 4.78 is 23.1. The SMILES string of the molecule is NC1(CCC(F)F)CC1. The van der Waals surface area contributed by atoms with E-state index in [1.807, 2.05) is 0 Å². The van der Waals surface area contributed by atoms with Crippen LogP contribution in [0.5, 0.6) is 0 Å². The third-order valence-corrected chi connectivity index (χ3v) is 1.75. The second-order valence-electron chi connectivity index (χ2n) is 2.79. The molecule has 0 heterocycles. The van der Waals surface area contributed by atoms with Gasteiger partial charge in [-0.3, -0.25) is 0 Å². The lowest BCUT2D eigenvalue weighted by molar-refractivity contribution is 0.131. The number of nitrogens with two attached hydrogens (primary N) is 1. The zero-order chi connectivity index (χ0) is 6.91. The van der Waals surface area contributed by atoms with Crippen molar-refractivity contribution in [2.24, 2.45) is 5.73 Å². The van der Waals surface area contributed by atoms with Crippen LogP contribution < -0.4 is 5.73 Å². The Labute approximate surface area is 53.2 Å². The van der Waals surface area contributed by atoms with Crippen molar-refractivity contribution in [3.63, 3.8) is 0 Å². The average Bonchev–Trinajstić information content (AvgIpc) is 2.45. The highest BCUT2D eigenvalue weighted by Gasteiger charge is 2.37. The van der Waals surface area contributed by atoms with Crippen molar-refractivity contribution >= 4 is 0 Å². The summed E-state index contributed by atoms with van der Waals surface area (Å²) in [5.74, 6) is 0. The summed E-state index contributed by atoms with van der Waals surface area (Å²) in [5, 5.41) is 0. The lowest BCUT2D eigenvalue weighted by atomic mass is 10.1. The number of hydrogen-bond acceptors (Lipinski definition) is 1. The summed E-state index contributed by atoms with van der Waals surface area (Å²) >= 11 is 0. The van der Waals surface area contributed by atoms with E-state index in [2.05, 4.69) is 0 Å². The van der Waals surface area contributed by atoms with Crippen LogP contribution in [0.1, 0.15) is 25.7 Å². The summed E-state index contributed by atoms with van der Waals surface area (Å²) in [7, 11) is 0. The van der Waals surface area contributed by atoms with Gasteiger partial charge in [-0.25, -0.2) is 8.78 Å². The van der Waals surface area contributed by atoms with E-state index in [1.54, 1.807) is 0 Å². The highest BCUT2D eigenvalue weighted by Crippen LogP contribution is 2.37. The van der Waals surface area contributed by atoms with Gasteiger partial charge >= 0.3 is 0 Å². The van der Waals surface area contributed by atoms with Gasteiger partial charge in [0.15, 0.2) is 0 Å². The van der Waals surface area contributed by atoms with E-state index in [0.717, 1.165) is 12.8 Å². The predicted molar refractivity (Wildman–Crippen MR) is 31.4 cm³/mol. The zero-order valence-electron chi connectivity index (χ0n) is 5.24. The molecule has 2 N–H and O–H groups in total. The Morgan fingerprint density at radius 2 is 2.00 bits per heavy atom. The molecule has 0 radical (unpaired) electrons. The topological polar surface area (TPSA) is 26.0 Å². The highest BCUT2D eigenvalue weighted by molar-refractivity contribution is 4.98. The summed E-state index contributed by atoms with van der Waals surface area (Å²) in [5.41, 5.74) is 5.36. The van der Waals surface area contributed by atoms with Crippen molar-refractivity contribution < 1.29 is 8.78 Å². The van der Waals surface area contributed by atoms with Gasteiger partial charge in [0, 0.05) is 12.0 Å². The number of alkyl halides is 2. The van der Waals surface area contributed by atoms with E-state index < -0.39 is 6.43 Å². The van der Waals surface area contributed by atoms with Crippen LogP contribution in [-0.2, 0) is 0 Å². The molecule has 0 bridgehead atoms. The largest absolute Gasteiger partial charge is 0.325 e. The van der Waals surface area contributed by atoms with Gasteiger partial charge in [0.05, 0.1) is 0 Å². The van der Waals surface area contributed by atoms with Gasteiger partial charge in [-0.1, -0.05) is 0 Å². The molecule has 0 unspecified atom stereocenters. The molecule has 9 heavy (non-hydrogen) atoms. The summed E-state index contributed by atoms with van der Waals surface area (Å²) in [4.78, 5) is 0. The number of hydrogen-bond donors (Lipinski definition) is 1. The molecule has 0 aromatic rings. The van der Waals surface area contributed by atoms with Crippen LogP contribution in [0.2, 0.25) is 0 Å². The molecule has 0 saturated heterocycles. The molecule has 0 aromatic heterocycles. The van der Waals surface area contributed by atoms with Crippen LogP contribution in [0.25, 0.3) is 0 Å². The smallest absolute Gasteiger partial charge is 0.238 e. The van der Waals surface area contributed by atoms with Crippen molar-refractivity contribution in [1.82, 2.24) is 0 Å². The van der Waals surface area contributed by atoms with Gasteiger partial charge in [0.25, 0.3) is 0 Å². The Kier molecular flexibility index (Phi) is 1.70. The first-order valence-corrected chi connectivity index (χ1v) is 3.19. The molecule has 54 valence electrons. The minimum atomic E-state index is -2.17. The van der Waals surface area contributed by atoms with Gasteiger partial charge in [0.1, 0.15) is 0 Å². The van der Waals surface area contributed by atoms with E-state index >= 15 is 0 Å². The maximum Gasteiger partial charge on any atom is 0.238 e. The molecule has 0 atom stereocenters. The van der Waals surface area contributed by atoms with Gasteiger partial charge in [-0.05, 0) is 19.3 Å². The summed E-state index contributed by atoms with van der Waals surface area (Å²) in [6, 6.07) is 0. The summed E-state index contributed by atoms with van der Waals surface area (Å²) in [6.45, 7) is 0. The van der Waals surface area contributed by atoms with Crippen LogP contribution >= 0.6 is 0 Å². The van der Waals surface area contributed by atoms with Crippen molar-refractivity contribution in [2.45, 2.75) is 37.6 Å². The molecule has 1 nitrogen and oxygen atoms in total. The maximum absolute atomic E-state index is 11.5. The third kappa shape index (κ3) is 2.26. The van der Waals surface area contributed by atoms with Crippen molar-refractivity contribution in [3.8, 4) is 0 Å². The maximum atomic E-state index is 11.5. The van der Waals surface area contributed by atoms with E-state index in [-0.39, 0.29) is 12.0 Å². The lowest BCUT2D eigenvalue weighted by Gasteiger charge is -2.05. The van der Waals surface area contributed by atoms with E-state index in [9.17, 15) is 8.78 Å². The van der Waals surface area contributed by atoms with Crippen molar-refractivity contribution in [3.05, 3.63) is 0 Å². The molecule has 3 heteroatoms. The fourth-order valence-corrected chi connectivity index (χ4v) is 0.807. The molecule has 1 rings (SSSR count). The van der Waals surface area contributed by atoms with Gasteiger partial charge in [-0.2, -0.15) is 0 Å². The Hall–Kier alpha value is -0.180. The Morgan fingerprint density at radius 3 is 2.33 bits per heavy atom. The standard InChI is InChI=1S/C6H11F2N/c7-5(8)1-2-6(9)3-4-6/h5H,1-4,9H2. The second kappa shape index (κ2) is 2.21. The van der Waals surface area contributed by atoms with E-state index in [1.165, 1.54) is 0 Å². The Balaban J connectivity index is 2.05. The summed E-state index contributed by atoms with van der Waals surface area (Å²) in [6.07, 6.45) is 0.145. The van der Waals surface area contributed by atoms with E-state index in [0.29, 0.717) is 6.42 Å². The van der Waals surface area contributed by atoms with Gasteiger partial charge in [-0.15, -0.1) is 0 Å². The molecule has 0 spiro atoms. The first kappa shape index (κ1) is 6.93. The molecule has 1 fully saturated rings. The molecule has 1 aliphatic carbocycles. The van der Waals surface area contributed by atoms with Crippen LogP contribution in [0.15, 0.2) is 0 Å². The lowest BCUT2D eigenvalue weighted by Crippen LogP contribution is -2.22. The molecule has 0 aromatic carbocycles. The second-order valence-corrected chi connectivity index (χ2v) is 2.79. The fourth-order valence-electron chi connectivity index (χ4n) is 0.807. The minimum Gasteiger partial charge on any atom is -0.325 e. The van der Waals surface area contributed by atoms with Crippen LogP contribution in [0.4, 0.5) is 8.78 Å². The molecular formula is C6H11F2N. The monoisotopic (exact) mass is 135 g/mol. The normalized spacial score (nSPS) is 22.7. The molecule has 1 saturated carbocycles. The zero-order valence-corrected chi connectivity index (χ0v) is 5.24. The van der Waals surface area contributed by atoms with Crippen LogP contribution in [0.3, 0.4) is 0 Å². The first-order chi connectivity index (χ1) is 4.12. The van der Waals surface area contributed by atoms with Crippen molar-refractivity contribution in [1.29, 1.82) is 0 Å². The van der Waals surface area contributed by atoms with Gasteiger partial charge in [0.2, 0.25) is 6.43 Å². The third-order valence-electron chi connectivity index (χ3n) is 1.75. The first-order valence-electron chi connectivity index (χ1n) is 3.19. The predicted octanol–water partition coefficient (Wildman–Crippen LogP) is 1.52. The Morgan fingerprint density at radius 1 is 1.44 bits per heavy atom. The van der Waals surface area contributed by atoms with Crippen LogP contribution in [-0.4, -0.2) is 12.0 Å². The minimum absolute atomic E-state index is 0.0312. The number of halogens is 2. The average molecular weight is 135 g/mol. The Bertz CT molecular complexity index is 99.2. The molecule has 1 aliphatic rings. The highest BCUT2D eigenvalue weighted by atomic mass is 19.3. The fraction of sp³-hybridized carbons (Fsp3) is 1.00.